The van der Waals surface area contributed by atoms with E-state index in [4.69, 9.17) is 9.47 Å². The molecule has 2 aromatic rings. The van der Waals surface area contributed by atoms with E-state index in [9.17, 15) is 39.0 Å². The lowest BCUT2D eigenvalue weighted by Gasteiger charge is -2.12. The van der Waals surface area contributed by atoms with Crippen LogP contribution in [0.3, 0.4) is 0 Å². The highest BCUT2D eigenvalue weighted by Crippen LogP contribution is 2.26. The van der Waals surface area contributed by atoms with Crippen LogP contribution in [0, 0.1) is 0 Å². The molecular weight excluding hydrogens is 642 g/mol. The normalized spacial score (nSPS) is 13.8. The van der Waals surface area contributed by atoms with Crippen molar-refractivity contribution in [2.24, 2.45) is 10.3 Å². The summed E-state index contributed by atoms with van der Waals surface area (Å²) >= 11 is -1.99. The number of rotatable bonds is 18. The number of hydrogen-bond acceptors (Lipinski definition) is 9. The number of unbranched alkanes of at least 4 members (excludes halogenated alkanes) is 2. The summed E-state index contributed by atoms with van der Waals surface area (Å²) in [7, 11) is -4.26. The third-order valence-corrected chi connectivity index (χ3v) is 7.44. The predicted octanol–water partition coefficient (Wildman–Crippen LogP) is 6.69. The van der Waals surface area contributed by atoms with E-state index in [-0.39, 0.29) is 42.4 Å². The molecule has 0 heterocycles. The minimum atomic E-state index is -4.98. The standard InChI is InChI=1S/C27H32F6N2O7S2/c1-3-5-18-43(36)41-34-24(26(28,29)30)20-8-12-22(13-9-20)39-16-7-17-40-23-14-10-21(11-15-23)25(27(31,32)33)35-42-44(37,38)19-6-4-2/h8-15H,3-7,16-19H2,1-2H3. The second-order valence-electron chi connectivity index (χ2n) is 9.10. The zero-order valence-electron chi connectivity index (χ0n) is 23.8. The molecular formula is C27H32F6N2O7S2. The fraction of sp³-hybridized carbons (Fsp3) is 0.481. The molecule has 0 radical (unpaired) electrons. The van der Waals surface area contributed by atoms with Crippen molar-refractivity contribution in [3.05, 3.63) is 59.7 Å². The van der Waals surface area contributed by atoms with Gasteiger partial charge in [-0.1, -0.05) is 37.0 Å². The molecule has 0 saturated carbocycles. The average molecular weight is 675 g/mol. The molecule has 2 rings (SSSR count). The summed E-state index contributed by atoms with van der Waals surface area (Å²) in [6.45, 7) is 3.74. The van der Waals surface area contributed by atoms with E-state index < -0.39 is 56.3 Å². The lowest BCUT2D eigenvalue weighted by molar-refractivity contribution is -0.0606. The van der Waals surface area contributed by atoms with Crippen molar-refractivity contribution in [1.82, 2.24) is 0 Å². The van der Waals surface area contributed by atoms with Crippen molar-refractivity contribution >= 4 is 32.6 Å². The number of benzene rings is 2. The molecule has 0 aliphatic carbocycles. The predicted molar refractivity (Wildman–Crippen MR) is 152 cm³/mol. The molecule has 0 bridgehead atoms. The Morgan fingerprint density at radius 2 is 1.18 bits per heavy atom. The maximum Gasteiger partial charge on any atom is 0.437 e. The molecule has 1 unspecified atom stereocenters. The monoisotopic (exact) mass is 674 g/mol. The fourth-order valence-corrected chi connectivity index (χ4v) is 4.89. The van der Waals surface area contributed by atoms with Crippen LogP contribution in [0.1, 0.15) is 57.1 Å². The molecule has 0 spiro atoms. The van der Waals surface area contributed by atoms with Crippen LogP contribution in [0.4, 0.5) is 26.3 Å². The lowest BCUT2D eigenvalue weighted by atomic mass is 10.1. The Balaban J connectivity index is 1.90. The van der Waals surface area contributed by atoms with Gasteiger partial charge >= 0.3 is 22.5 Å². The molecule has 17 heteroatoms. The highest BCUT2D eigenvalue weighted by atomic mass is 32.2. The van der Waals surface area contributed by atoms with E-state index in [1.54, 1.807) is 6.92 Å². The van der Waals surface area contributed by atoms with Gasteiger partial charge in [0.2, 0.25) is 11.1 Å². The minimum absolute atomic E-state index is 0.0592. The van der Waals surface area contributed by atoms with Crippen molar-refractivity contribution < 1.29 is 57.0 Å². The van der Waals surface area contributed by atoms with Gasteiger partial charge < -0.3 is 9.47 Å². The molecule has 1 atom stereocenters. The molecule has 0 amide bonds. The van der Waals surface area contributed by atoms with E-state index in [0.717, 1.165) is 24.3 Å². The molecule has 0 fully saturated rings. The number of nitrogens with zero attached hydrogens (tertiary/aromatic N) is 2. The van der Waals surface area contributed by atoms with Crippen LogP contribution in [0.2, 0.25) is 0 Å². The summed E-state index contributed by atoms with van der Waals surface area (Å²) in [5.74, 6) is 0.0637. The van der Waals surface area contributed by atoms with E-state index in [1.807, 2.05) is 6.92 Å². The fourth-order valence-electron chi connectivity index (χ4n) is 3.22. The first kappa shape index (κ1) is 36.8. The van der Waals surface area contributed by atoms with Crippen molar-refractivity contribution in [3.63, 3.8) is 0 Å². The average Bonchev–Trinajstić information content (AvgIpc) is 2.95. The van der Waals surface area contributed by atoms with Gasteiger partial charge in [0.25, 0.3) is 0 Å². The largest absolute Gasteiger partial charge is 0.493 e. The maximum atomic E-state index is 13.5. The Bertz CT molecular complexity index is 1360. The van der Waals surface area contributed by atoms with Crippen molar-refractivity contribution in [1.29, 1.82) is 0 Å². The van der Waals surface area contributed by atoms with Crippen LogP contribution in [-0.4, -0.2) is 61.1 Å². The van der Waals surface area contributed by atoms with Crippen LogP contribution in [0.25, 0.3) is 0 Å². The number of halogens is 6. The third-order valence-electron chi connectivity index (χ3n) is 5.48. The molecule has 9 nitrogen and oxygen atoms in total. The summed E-state index contributed by atoms with van der Waals surface area (Å²) in [6.07, 6.45) is -7.60. The van der Waals surface area contributed by atoms with Gasteiger partial charge in [0.05, 0.1) is 24.7 Å². The number of hydrogen-bond donors (Lipinski definition) is 0. The first-order valence-corrected chi connectivity index (χ1v) is 16.2. The van der Waals surface area contributed by atoms with Crippen molar-refractivity contribution in [3.8, 4) is 11.5 Å². The molecule has 44 heavy (non-hydrogen) atoms. The molecule has 0 N–H and O–H groups in total. The summed E-state index contributed by atoms with van der Waals surface area (Å²) in [5, 5.41) is 5.91. The Hall–Kier alpha value is -3.34. The van der Waals surface area contributed by atoms with Crippen LogP contribution in [-0.2, 0) is 29.8 Å². The quantitative estimate of drug-likeness (QED) is 0.0749. The zero-order valence-corrected chi connectivity index (χ0v) is 25.5. The van der Waals surface area contributed by atoms with Crippen molar-refractivity contribution in [2.75, 3.05) is 24.7 Å². The zero-order chi connectivity index (χ0) is 32.8. The Morgan fingerprint density at radius 3 is 1.61 bits per heavy atom. The number of oxime groups is 2. The highest BCUT2D eigenvalue weighted by molar-refractivity contribution is 7.86. The van der Waals surface area contributed by atoms with Gasteiger partial charge in [-0.15, -0.1) is 0 Å². The molecule has 0 saturated heterocycles. The molecule has 0 aromatic heterocycles. The Kier molecular flexibility index (Phi) is 14.4. The number of ether oxygens (including phenoxy) is 2. The summed E-state index contributed by atoms with van der Waals surface area (Å²) in [4.78, 5) is 0. The van der Waals surface area contributed by atoms with Gasteiger partial charge in [-0.3, -0.25) is 8.57 Å². The second-order valence-corrected chi connectivity index (χ2v) is 11.9. The minimum Gasteiger partial charge on any atom is -0.493 e. The number of alkyl halides is 6. The Morgan fingerprint density at radius 1 is 0.727 bits per heavy atom. The topological polar surface area (TPSA) is 113 Å². The van der Waals surface area contributed by atoms with E-state index >= 15 is 0 Å². The van der Waals surface area contributed by atoms with E-state index in [1.165, 1.54) is 24.3 Å². The van der Waals surface area contributed by atoms with Gasteiger partial charge in [-0.2, -0.15) is 34.8 Å². The third kappa shape index (κ3) is 13.1. The van der Waals surface area contributed by atoms with E-state index in [2.05, 4.69) is 18.9 Å². The van der Waals surface area contributed by atoms with Gasteiger partial charge in [-0.25, -0.2) is 4.21 Å². The molecule has 246 valence electrons. The lowest BCUT2D eigenvalue weighted by Crippen LogP contribution is -2.25. The first-order chi connectivity index (χ1) is 20.7. The summed E-state index contributed by atoms with van der Waals surface area (Å²) in [5.41, 5.74) is -3.61. The highest BCUT2D eigenvalue weighted by Gasteiger charge is 2.39. The van der Waals surface area contributed by atoms with Crippen LogP contribution < -0.4 is 9.47 Å². The van der Waals surface area contributed by atoms with Crippen LogP contribution in [0.5, 0.6) is 11.5 Å². The summed E-state index contributed by atoms with van der Waals surface area (Å²) < 4.78 is 135. The maximum absolute atomic E-state index is 13.5. The van der Waals surface area contributed by atoms with Gasteiger partial charge in [0.1, 0.15) is 11.5 Å². The Labute approximate surface area is 254 Å². The van der Waals surface area contributed by atoms with Gasteiger partial charge in [-0.05, 0) is 61.4 Å². The summed E-state index contributed by atoms with van der Waals surface area (Å²) in [6, 6.07) is 9.42. The SMILES string of the molecule is CCCCS(=O)ON=C(c1ccc(OCCCOc2ccc(C(=NOS(=O)(=O)CCCC)C(F)(F)F)cc2)cc1)C(F)(F)F. The molecule has 0 aliphatic heterocycles. The smallest absolute Gasteiger partial charge is 0.437 e. The molecule has 2 aromatic carbocycles. The van der Waals surface area contributed by atoms with Crippen LogP contribution >= 0.6 is 0 Å². The first-order valence-electron chi connectivity index (χ1n) is 13.4. The van der Waals surface area contributed by atoms with E-state index in [0.29, 0.717) is 25.7 Å². The van der Waals surface area contributed by atoms with Gasteiger partial charge in [0.15, 0.2) is 11.4 Å². The molecule has 0 aliphatic rings. The van der Waals surface area contributed by atoms with Gasteiger partial charge in [0, 0.05) is 17.5 Å². The van der Waals surface area contributed by atoms with Crippen molar-refractivity contribution in [2.45, 2.75) is 58.3 Å². The second kappa shape index (κ2) is 17.2. The van der Waals surface area contributed by atoms with Crippen LogP contribution in [0.15, 0.2) is 58.8 Å².